The summed E-state index contributed by atoms with van der Waals surface area (Å²) in [4.78, 5) is 22.6. The van der Waals surface area contributed by atoms with E-state index in [9.17, 15) is 9.59 Å². The number of nitrogens with zero attached hydrogens (tertiary/aromatic N) is 1. The van der Waals surface area contributed by atoms with E-state index in [1.165, 1.54) is 0 Å². The summed E-state index contributed by atoms with van der Waals surface area (Å²) in [6, 6.07) is 0. The van der Waals surface area contributed by atoms with Gasteiger partial charge in [0.05, 0.1) is 5.54 Å². The predicted octanol–water partition coefficient (Wildman–Crippen LogP) is 1.61. The van der Waals surface area contributed by atoms with Gasteiger partial charge in [-0.15, -0.1) is 0 Å². The SMILES string of the molecule is CC(C)(C)N(N)C(=O)OC1CCC(=O)CC1. The van der Waals surface area contributed by atoms with Gasteiger partial charge in [0.1, 0.15) is 11.9 Å². The minimum absolute atomic E-state index is 0.168. The molecule has 1 amide bonds. The minimum Gasteiger partial charge on any atom is -0.445 e. The lowest BCUT2D eigenvalue weighted by Gasteiger charge is -2.32. The van der Waals surface area contributed by atoms with E-state index in [0.29, 0.717) is 25.7 Å². The van der Waals surface area contributed by atoms with Crippen molar-refractivity contribution in [3.05, 3.63) is 0 Å². The summed E-state index contributed by atoms with van der Waals surface area (Å²) in [6.07, 6.45) is 1.53. The van der Waals surface area contributed by atoms with Crippen LogP contribution in [0.15, 0.2) is 0 Å². The van der Waals surface area contributed by atoms with Crippen molar-refractivity contribution in [1.29, 1.82) is 0 Å². The highest BCUT2D eigenvalue weighted by atomic mass is 16.6. The summed E-state index contributed by atoms with van der Waals surface area (Å²) in [6.45, 7) is 5.50. The van der Waals surface area contributed by atoms with Gasteiger partial charge in [-0.25, -0.2) is 15.6 Å². The molecule has 2 N–H and O–H groups in total. The van der Waals surface area contributed by atoms with Crippen molar-refractivity contribution in [1.82, 2.24) is 5.01 Å². The quantitative estimate of drug-likeness (QED) is 0.420. The molecule has 0 saturated heterocycles. The van der Waals surface area contributed by atoms with Crippen LogP contribution in [-0.4, -0.2) is 28.5 Å². The van der Waals surface area contributed by atoms with Crippen LogP contribution in [-0.2, 0) is 9.53 Å². The van der Waals surface area contributed by atoms with Crippen molar-refractivity contribution in [3.8, 4) is 0 Å². The maximum atomic E-state index is 11.6. The van der Waals surface area contributed by atoms with Crippen molar-refractivity contribution in [2.45, 2.75) is 58.1 Å². The second kappa shape index (κ2) is 4.82. The molecule has 0 heterocycles. The molecular formula is C11H20N2O3. The van der Waals surface area contributed by atoms with Gasteiger partial charge in [0.2, 0.25) is 0 Å². The summed E-state index contributed by atoms with van der Waals surface area (Å²) in [5.41, 5.74) is -0.457. The fourth-order valence-electron chi connectivity index (χ4n) is 1.50. The summed E-state index contributed by atoms with van der Waals surface area (Å²) >= 11 is 0. The van der Waals surface area contributed by atoms with E-state index >= 15 is 0 Å². The number of Topliss-reactive ketones (excluding diaryl/α,β-unsaturated/α-hetero) is 1. The molecule has 0 aromatic rings. The Morgan fingerprint density at radius 1 is 1.38 bits per heavy atom. The number of carbonyl (C=O) groups is 2. The van der Waals surface area contributed by atoms with E-state index in [1.807, 2.05) is 20.8 Å². The van der Waals surface area contributed by atoms with E-state index in [-0.39, 0.29) is 11.9 Å². The van der Waals surface area contributed by atoms with Crippen LogP contribution in [0.5, 0.6) is 0 Å². The number of rotatable bonds is 1. The number of ether oxygens (including phenoxy) is 1. The lowest BCUT2D eigenvalue weighted by molar-refractivity contribution is -0.122. The molecule has 1 rings (SSSR count). The van der Waals surface area contributed by atoms with Crippen LogP contribution in [0, 0.1) is 0 Å². The first kappa shape index (κ1) is 13.0. The Morgan fingerprint density at radius 2 is 1.88 bits per heavy atom. The van der Waals surface area contributed by atoms with Gasteiger partial charge in [0.25, 0.3) is 0 Å². The first-order valence-corrected chi connectivity index (χ1v) is 5.58. The highest BCUT2D eigenvalue weighted by molar-refractivity contribution is 5.79. The van der Waals surface area contributed by atoms with Gasteiger partial charge in [-0.2, -0.15) is 0 Å². The minimum atomic E-state index is -0.521. The molecule has 0 aromatic carbocycles. The van der Waals surface area contributed by atoms with E-state index in [0.717, 1.165) is 5.01 Å². The van der Waals surface area contributed by atoms with Gasteiger partial charge in [-0.1, -0.05) is 0 Å². The predicted molar refractivity (Wildman–Crippen MR) is 59.5 cm³/mol. The molecular weight excluding hydrogens is 208 g/mol. The van der Waals surface area contributed by atoms with Crippen LogP contribution in [0.25, 0.3) is 0 Å². The Hall–Kier alpha value is -1.10. The molecule has 5 nitrogen and oxygen atoms in total. The molecule has 92 valence electrons. The van der Waals surface area contributed by atoms with Crippen LogP contribution in [0.2, 0.25) is 0 Å². The summed E-state index contributed by atoms with van der Waals surface area (Å²) in [5.74, 6) is 5.87. The van der Waals surface area contributed by atoms with E-state index in [2.05, 4.69) is 0 Å². The number of carbonyl (C=O) groups excluding carboxylic acids is 2. The molecule has 0 aliphatic heterocycles. The monoisotopic (exact) mass is 228 g/mol. The smallest absolute Gasteiger partial charge is 0.424 e. The average molecular weight is 228 g/mol. The van der Waals surface area contributed by atoms with Crippen molar-refractivity contribution >= 4 is 11.9 Å². The third kappa shape index (κ3) is 3.48. The number of nitrogens with two attached hydrogens (primary N) is 1. The molecule has 5 heteroatoms. The van der Waals surface area contributed by atoms with Gasteiger partial charge < -0.3 is 4.74 Å². The number of hydrogen-bond acceptors (Lipinski definition) is 4. The van der Waals surface area contributed by atoms with Crippen molar-refractivity contribution in [3.63, 3.8) is 0 Å². The Kier molecular flexibility index (Phi) is 3.91. The Labute approximate surface area is 95.9 Å². The molecule has 0 aromatic heterocycles. The molecule has 0 spiro atoms. The van der Waals surface area contributed by atoms with Gasteiger partial charge in [-0.05, 0) is 33.6 Å². The van der Waals surface area contributed by atoms with Gasteiger partial charge in [0, 0.05) is 12.8 Å². The molecule has 0 atom stereocenters. The maximum Gasteiger partial charge on any atom is 0.424 e. The van der Waals surface area contributed by atoms with Crippen LogP contribution in [0.3, 0.4) is 0 Å². The van der Waals surface area contributed by atoms with Crippen molar-refractivity contribution < 1.29 is 14.3 Å². The number of hydrazine groups is 1. The fraction of sp³-hybridized carbons (Fsp3) is 0.818. The number of hydrogen-bond donors (Lipinski definition) is 1. The Bertz CT molecular complexity index is 273. The molecule has 0 bridgehead atoms. The topological polar surface area (TPSA) is 72.6 Å². The van der Waals surface area contributed by atoms with Crippen molar-refractivity contribution in [2.75, 3.05) is 0 Å². The van der Waals surface area contributed by atoms with Gasteiger partial charge in [-0.3, -0.25) is 4.79 Å². The lowest BCUT2D eigenvalue weighted by atomic mass is 9.97. The van der Waals surface area contributed by atoms with Crippen LogP contribution < -0.4 is 5.84 Å². The Balaban J connectivity index is 2.43. The summed E-state index contributed by atoms with van der Waals surface area (Å²) < 4.78 is 5.24. The highest BCUT2D eigenvalue weighted by Crippen LogP contribution is 2.19. The second-order valence-corrected chi connectivity index (χ2v) is 5.16. The van der Waals surface area contributed by atoms with Crippen LogP contribution >= 0.6 is 0 Å². The van der Waals surface area contributed by atoms with E-state index in [4.69, 9.17) is 10.6 Å². The normalized spacial score (nSPS) is 18.4. The van der Waals surface area contributed by atoms with Crippen LogP contribution in [0.1, 0.15) is 46.5 Å². The van der Waals surface area contributed by atoms with Crippen LogP contribution in [0.4, 0.5) is 4.79 Å². The summed E-state index contributed by atoms with van der Waals surface area (Å²) in [7, 11) is 0. The first-order valence-electron chi connectivity index (χ1n) is 5.58. The van der Waals surface area contributed by atoms with Crippen molar-refractivity contribution in [2.24, 2.45) is 5.84 Å². The largest absolute Gasteiger partial charge is 0.445 e. The van der Waals surface area contributed by atoms with E-state index < -0.39 is 11.6 Å². The molecule has 1 aliphatic rings. The molecule has 1 saturated carbocycles. The number of amides is 1. The third-order valence-corrected chi connectivity index (χ3v) is 2.68. The maximum absolute atomic E-state index is 11.6. The highest BCUT2D eigenvalue weighted by Gasteiger charge is 2.28. The van der Waals surface area contributed by atoms with E-state index in [1.54, 1.807) is 0 Å². The second-order valence-electron chi connectivity index (χ2n) is 5.16. The molecule has 1 fully saturated rings. The van der Waals surface area contributed by atoms with Gasteiger partial charge in [0.15, 0.2) is 0 Å². The Morgan fingerprint density at radius 3 is 2.31 bits per heavy atom. The average Bonchev–Trinajstić information content (AvgIpc) is 2.19. The zero-order valence-corrected chi connectivity index (χ0v) is 10.2. The molecule has 0 radical (unpaired) electrons. The molecule has 1 aliphatic carbocycles. The zero-order valence-electron chi connectivity index (χ0n) is 10.2. The standard InChI is InChI=1S/C11H20N2O3/c1-11(2,3)13(12)10(15)16-9-6-4-8(14)5-7-9/h9H,4-7,12H2,1-3H3. The first-order chi connectivity index (χ1) is 7.30. The third-order valence-electron chi connectivity index (χ3n) is 2.68. The molecule has 16 heavy (non-hydrogen) atoms. The molecule has 0 unspecified atom stereocenters. The van der Waals surface area contributed by atoms with Gasteiger partial charge >= 0.3 is 6.09 Å². The number of ketones is 1. The zero-order chi connectivity index (χ0) is 12.3. The fourth-order valence-corrected chi connectivity index (χ4v) is 1.50. The summed E-state index contributed by atoms with van der Waals surface area (Å²) in [5, 5.41) is 1.09. The lowest BCUT2D eigenvalue weighted by Crippen LogP contribution is -2.51.